The number of aliphatic imine (C=N–C) groups is 1. The molecular weight excluding hydrogens is 519 g/mol. The van der Waals surface area contributed by atoms with Crippen molar-refractivity contribution in [1.29, 1.82) is 0 Å². The Kier molecular flexibility index (Phi) is 9.76. The van der Waals surface area contributed by atoms with Gasteiger partial charge in [0.15, 0.2) is 11.8 Å². The standard InChI is InChI=1S/C23H30N6O2.HI/c1-17-26-27-22(29(17)3)15-25-23(24-14-18-6-10-20(30-4)11-7-18)28(2)16-19-8-12-21(31-5)13-9-19;/h6-13H,14-16H2,1-5H3,(H,24,25);1H. The van der Waals surface area contributed by atoms with E-state index in [1.54, 1.807) is 14.2 Å². The van der Waals surface area contributed by atoms with Crippen LogP contribution in [0.2, 0.25) is 0 Å². The second-order valence-corrected chi connectivity index (χ2v) is 7.27. The maximum Gasteiger partial charge on any atom is 0.194 e. The van der Waals surface area contributed by atoms with E-state index >= 15 is 0 Å². The van der Waals surface area contributed by atoms with E-state index in [0.717, 1.165) is 40.2 Å². The molecule has 0 radical (unpaired) electrons. The molecule has 0 aliphatic carbocycles. The minimum atomic E-state index is 0. The molecule has 1 N–H and O–H groups in total. The van der Waals surface area contributed by atoms with Crippen LogP contribution in [0.3, 0.4) is 0 Å². The molecule has 1 aromatic heterocycles. The quantitative estimate of drug-likeness (QED) is 0.263. The lowest BCUT2D eigenvalue weighted by Gasteiger charge is -2.23. The predicted molar refractivity (Wildman–Crippen MR) is 137 cm³/mol. The minimum Gasteiger partial charge on any atom is -0.497 e. The fourth-order valence-electron chi connectivity index (χ4n) is 3.05. The van der Waals surface area contributed by atoms with Crippen molar-refractivity contribution in [3.05, 3.63) is 71.3 Å². The van der Waals surface area contributed by atoms with E-state index in [4.69, 9.17) is 14.5 Å². The maximum absolute atomic E-state index is 5.25. The molecule has 1 heterocycles. The number of hydrogen-bond acceptors (Lipinski definition) is 5. The number of nitrogens with one attached hydrogen (secondary N) is 1. The number of guanidine groups is 1. The highest BCUT2D eigenvalue weighted by molar-refractivity contribution is 14.0. The number of halogens is 1. The van der Waals surface area contributed by atoms with E-state index in [-0.39, 0.29) is 24.0 Å². The summed E-state index contributed by atoms with van der Waals surface area (Å²) in [6, 6.07) is 16.0. The zero-order valence-corrected chi connectivity index (χ0v) is 21.5. The van der Waals surface area contributed by atoms with Crippen LogP contribution in [0.4, 0.5) is 0 Å². The number of aryl methyl sites for hydroxylation is 1. The van der Waals surface area contributed by atoms with E-state index in [1.807, 2.05) is 62.0 Å². The highest BCUT2D eigenvalue weighted by atomic mass is 127. The lowest BCUT2D eigenvalue weighted by Crippen LogP contribution is -2.38. The molecule has 9 heteroatoms. The monoisotopic (exact) mass is 550 g/mol. The van der Waals surface area contributed by atoms with Crippen molar-refractivity contribution in [2.24, 2.45) is 12.0 Å². The summed E-state index contributed by atoms with van der Waals surface area (Å²) < 4.78 is 12.5. The molecular formula is C23H31IN6O2. The first kappa shape index (κ1) is 25.4. The van der Waals surface area contributed by atoms with Crippen molar-refractivity contribution in [1.82, 2.24) is 25.0 Å². The van der Waals surface area contributed by atoms with Crippen LogP contribution < -0.4 is 14.8 Å². The molecule has 0 saturated carbocycles. The summed E-state index contributed by atoms with van der Waals surface area (Å²) in [4.78, 5) is 6.93. The zero-order chi connectivity index (χ0) is 22.2. The third-order valence-corrected chi connectivity index (χ3v) is 5.10. The van der Waals surface area contributed by atoms with Crippen LogP contribution in [-0.4, -0.2) is 46.9 Å². The zero-order valence-electron chi connectivity index (χ0n) is 19.2. The molecule has 0 amide bonds. The van der Waals surface area contributed by atoms with Crippen LogP contribution in [0.15, 0.2) is 53.5 Å². The fraction of sp³-hybridized carbons (Fsp3) is 0.348. The largest absolute Gasteiger partial charge is 0.497 e. The van der Waals surface area contributed by atoms with Crippen LogP contribution in [-0.2, 0) is 26.7 Å². The Hall–Kier alpha value is -2.82. The molecule has 32 heavy (non-hydrogen) atoms. The highest BCUT2D eigenvalue weighted by Crippen LogP contribution is 2.14. The topological polar surface area (TPSA) is 76.8 Å². The third kappa shape index (κ3) is 6.84. The van der Waals surface area contributed by atoms with Crippen LogP contribution in [0.1, 0.15) is 22.8 Å². The number of methoxy groups -OCH3 is 2. The van der Waals surface area contributed by atoms with Gasteiger partial charge >= 0.3 is 0 Å². The Morgan fingerprint density at radius 2 is 1.53 bits per heavy atom. The number of aromatic nitrogens is 3. The molecule has 3 aromatic rings. The van der Waals surface area contributed by atoms with Crippen molar-refractivity contribution in [2.75, 3.05) is 21.3 Å². The first-order chi connectivity index (χ1) is 15.0. The number of hydrogen-bond donors (Lipinski definition) is 1. The summed E-state index contributed by atoms with van der Waals surface area (Å²) in [5.41, 5.74) is 2.27. The molecule has 0 bridgehead atoms. The van der Waals surface area contributed by atoms with E-state index < -0.39 is 0 Å². The van der Waals surface area contributed by atoms with Gasteiger partial charge < -0.3 is 24.3 Å². The van der Waals surface area contributed by atoms with Gasteiger partial charge in [0.05, 0.1) is 27.3 Å². The minimum absolute atomic E-state index is 0. The summed E-state index contributed by atoms with van der Waals surface area (Å²) >= 11 is 0. The summed E-state index contributed by atoms with van der Waals surface area (Å²) in [5, 5.41) is 11.8. The van der Waals surface area contributed by atoms with Gasteiger partial charge in [0.25, 0.3) is 0 Å². The van der Waals surface area contributed by atoms with Crippen LogP contribution in [0, 0.1) is 6.92 Å². The van der Waals surface area contributed by atoms with Crippen LogP contribution in [0.5, 0.6) is 11.5 Å². The average molecular weight is 550 g/mol. The lowest BCUT2D eigenvalue weighted by atomic mass is 10.2. The van der Waals surface area contributed by atoms with Gasteiger partial charge in [-0.1, -0.05) is 24.3 Å². The number of rotatable bonds is 8. The van der Waals surface area contributed by atoms with Crippen LogP contribution >= 0.6 is 24.0 Å². The molecule has 0 saturated heterocycles. The van der Waals surface area contributed by atoms with Crippen molar-refractivity contribution < 1.29 is 9.47 Å². The van der Waals surface area contributed by atoms with Crippen molar-refractivity contribution in [3.63, 3.8) is 0 Å². The van der Waals surface area contributed by atoms with Crippen molar-refractivity contribution in [3.8, 4) is 11.5 Å². The smallest absolute Gasteiger partial charge is 0.194 e. The first-order valence-electron chi connectivity index (χ1n) is 10.1. The number of benzene rings is 2. The molecule has 0 aliphatic heterocycles. The molecule has 0 spiro atoms. The number of ether oxygens (including phenoxy) is 2. The molecule has 0 unspecified atom stereocenters. The molecule has 8 nitrogen and oxygen atoms in total. The Bertz CT molecular complexity index is 1000. The van der Waals surface area contributed by atoms with Gasteiger partial charge in [0.2, 0.25) is 0 Å². The number of nitrogens with zero attached hydrogens (tertiary/aromatic N) is 5. The summed E-state index contributed by atoms with van der Waals surface area (Å²) in [5.74, 6) is 4.19. The molecule has 0 fully saturated rings. The highest BCUT2D eigenvalue weighted by Gasteiger charge is 2.11. The van der Waals surface area contributed by atoms with Crippen molar-refractivity contribution >= 4 is 29.9 Å². The Labute approximate surface area is 206 Å². The van der Waals surface area contributed by atoms with Gasteiger partial charge in [-0.25, -0.2) is 4.99 Å². The van der Waals surface area contributed by atoms with Gasteiger partial charge in [-0.2, -0.15) is 0 Å². The molecule has 0 atom stereocenters. The van der Waals surface area contributed by atoms with Gasteiger partial charge in [0, 0.05) is 20.6 Å². The van der Waals surface area contributed by atoms with Gasteiger partial charge in [-0.15, -0.1) is 34.2 Å². The SMILES string of the molecule is COc1ccc(CN=C(NCc2nnc(C)n2C)N(C)Cc2ccc(OC)cc2)cc1.I. The summed E-state index contributed by atoms with van der Waals surface area (Å²) in [6.07, 6.45) is 0. The summed E-state index contributed by atoms with van der Waals surface area (Å²) in [6.45, 7) is 3.73. The lowest BCUT2D eigenvalue weighted by molar-refractivity contribution is 0.414. The second kappa shape index (κ2) is 12.3. The molecule has 172 valence electrons. The van der Waals surface area contributed by atoms with Gasteiger partial charge in [-0.3, -0.25) is 0 Å². The van der Waals surface area contributed by atoms with E-state index in [2.05, 4.69) is 32.5 Å². The second-order valence-electron chi connectivity index (χ2n) is 7.27. The maximum atomic E-state index is 5.25. The summed E-state index contributed by atoms with van der Waals surface area (Å²) in [7, 11) is 7.31. The van der Waals surface area contributed by atoms with Gasteiger partial charge in [-0.05, 0) is 42.3 Å². The van der Waals surface area contributed by atoms with E-state index in [0.29, 0.717) is 19.6 Å². The van der Waals surface area contributed by atoms with Crippen LogP contribution in [0.25, 0.3) is 0 Å². The van der Waals surface area contributed by atoms with E-state index in [9.17, 15) is 0 Å². The Morgan fingerprint density at radius 3 is 2.03 bits per heavy atom. The Morgan fingerprint density at radius 1 is 0.969 bits per heavy atom. The molecule has 0 aliphatic rings. The Balaban J connectivity index is 0.00000363. The molecule has 3 rings (SSSR count). The van der Waals surface area contributed by atoms with Gasteiger partial charge in [0.1, 0.15) is 17.3 Å². The third-order valence-electron chi connectivity index (χ3n) is 5.10. The normalized spacial score (nSPS) is 11.0. The van der Waals surface area contributed by atoms with E-state index in [1.165, 1.54) is 0 Å². The first-order valence-corrected chi connectivity index (χ1v) is 10.1. The molecule has 2 aromatic carbocycles. The average Bonchev–Trinajstić information content (AvgIpc) is 3.12. The fourth-order valence-corrected chi connectivity index (χ4v) is 3.05. The predicted octanol–water partition coefficient (Wildman–Crippen LogP) is 3.54. The van der Waals surface area contributed by atoms with Crippen molar-refractivity contribution in [2.45, 2.75) is 26.6 Å².